The Bertz CT molecular complexity index is 248. The van der Waals surface area contributed by atoms with Crippen LogP contribution in [-0.4, -0.2) is 16.1 Å². The molecule has 0 aliphatic rings. The summed E-state index contributed by atoms with van der Waals surface area (Å²) in [4.78, 5) is 10.4. The SMILES string of the molecule is NC(=O)CCCc1cccnn1. The molecule has 0 radical (unpaired) electrons. The van der Waals surface area contributed by atoms with E-state index in [0.29, 0.717) is 6.42 Å². The van der Waals surface area contributed by atoms with Crippen LogP contribution in [0.25, 0.3) is 0 Å². The van der Waals surface area contributed by atoms with E-state index in [1.165, 1.54) is 0 Å². The van der Waals surface area contributed by atoms with Crippen molar-refractivity contribution < 1.29 is 4.79 Å². The summed E-state index contributed by atoms with van der Waals surface area (Å²) in [5, 5.41) is 7.59. The minimum absolute atomic E-state index is 0.265. The minimum Gasteiger partial charge on any atom is -0.370 e. The topological polar surface area (TPSA) is 68.9 Å². The Morgan fingerprint density at radius 2 is 2.42 bits per heavy atom. The number of aromatic nitrogens is 2. The summed E-state index contributed by atoms with van der Waals surface area (Å²) in [6, 6.07) is 3.71. The van der Waals surface area contributed by atoms with Crippen LogP contribution in [0.4, 0.5) is 0 Å². The Morgan fingerprint density at radius 3 is 3.00 bits per heavy atom. The third-order valence-corrected chi connectivity index (χ3v) is 1.48. The minimum atomic E-state index is -0.265. The molecule has 0 saturated heterocycles. The van der Waals surface area contributed by atoms with Crippen LogP contribution in [0.5, 0.6) is 0 Å². The molecule has 4 heteroatoms. The molecule has 12 heavy (non-hydrogen) atoms. The summed E-state index contributed by atoms with van der Waals surface area (Å²) in [6.07, 6.45) is 3.54. The molecule has 1 heterocycles. The highest BCUT2D eigenvalue weighted by atomic mass is 16.1. The number of aryl methyl sites for hydroxylation is 1. The summed E-state index contributed by atoms with van der Waals surface area (Å²) in [5.74, 6) is -0.265. The van der Waals surface area contributed by atoms with Crippen molar-refractivity contribution in [2.75, 3.05) is 0 Å². The van der Waals surface area contributed by atoms with E-state index < -0.39 is 0 Å². The van der Waals surface area contributed by atoms with Gasteiger partial charge in [0.05, 0.1) is 5.69 Å². The zero-order valence-electron chi connectivity index (χ0n) is 6.73. The van der Waals surface area contributed by atoms with E-state index in [2.05, 4.69) is 10.2 Å². The number of hydrogen-bond acceptors (Lipinski definition) is 3. The number of nitrogens with two attached hydrogens (primary N) is 1. The second kappa shape index (κ2) is 4.43. The van der Waals surface area contributed by atoms with Gasteiger partial charge in [-0.25, -0.2) is 0 Å². The van der Waals surface area contributed by atoms with Gasteiger partial charge in [-0.1, -0.05) is 0 Å². The maximum absolute atomic E-state index is 10.4. The molecule has 0 spiro atoms. The van der Waals surface area contributed by atoms with Gasteiger partial charge < -0.3 is 5.73 Å². The zero-order chi connectivity index (χ0) is 8.81. The summed E-state index contributed by atoms with van der Waals surface area (Å²) < 4.78 is 0. The van der Waals surface area contributed by atoms with Crippen LogP contribution >= 0.6 is 0 Å². The number of carbonyl (C=O) groups is 1. The van der Waals surface area contributed by atoms with Crippen LogP contribution in [0.2, 0.25) is 0 Å². The molecule has 1 aromatic rings. The number of hydrogen-bond donors (Lipinski definition) is 1. The first kappa shape index (κ1) is 8.64. The van der Waals surface area contributed by atoms with Crippen LogP contribution in [-0.2, 0) is 11.2 Å². The highest BCUT2D eigenvalue weighted by Gasteiger charge is 1.96. The van der Waals surface area contributed by atoms with E-state index in [0.717, 1.165) is 18.5 Å². The smallest absolute Gasteiger partial charge is 0.217 e. The zero-order valence-corrected chi connectivity index (χ0v) is 6.73. The molecule has 0 saturated carbocycles. The molecule has 0 bridgehead atoms. The third-order valence-electron chi connectivity index (χ3n) is 1.48. The van der Waals surface area contributed by atoms with Crippen molar-refractivity contribution >= 4 is 5.91 Å². The maximum Gasteiger partial charge on any atom is 0.217 e. The first-order valence-corrected chi connectivity index (χ1v) is 3.84. The number of carbonyl (C=O) groups excluding carboxylic acids is 1. The lowest BCUT2D eigenvalue weighted by Crippen LogP contribution is -2.10. The van der Waals surface area contributed by atoms with Crippen molar-refractivity contribution in [1.82, 2.24) is 10.2 Å². The van der Waals surface area contributed by atoms with Crippen LogP contribution < -0.4 is 5.73 Å². The van der Waals surface area contributed by atoms with Gasteiger partial charge in [0.2, 0.25) is 5.91 Å². The monoisotopic (exact) mass is 165 g/mol. The molecule has 0 aliphatic heterocycles. The molecule has 0 unspecified atom stereocenters. The number of primary amides is 1. The molecular formula is C8H11N3O. The molecule has 0 aliphatic carbocycles. The van der Waals surface area contributed by atoms with Crippen molar-refractivity contribution in [3.8, 4) is 0 Å². The van der Waals surface area contributed by atoms with E-state index in [4.69, 9.17) is 5.73 Å². The average Bonchev–Trinajstić information content (AvgIpc) is 2.05. The normalized spacial score (nSPS) is 9.67. The molecule has 0 atom stereocenters. The van der Waals surface area contributed by atoms with Crippen LogP contribution in [0.3, 0.4) is 0 Å². The summed E-state index contributed by atoms with van der Waals surface area (Å²) >= 11 is 0. The Kier molecular flexibility index (Phi) is 3.19. The molecule has 1 amide bonds. The third kappa shape index (κ3) is 3.09. The molecule has 0 aromatic carbocycles. The quantitative estimate of drug-likeness (QED) is 0.696. The van der Waals surface area contributed by atoms with Gasteiger partial charge in [0.1, 0.15) is 0 Å². The van der Waals surface area contributed by atoms with Crippen molar-refractivity contribution in [1.29, 1.82) is 0 Å². The Hall–Kier alpha value is -1.45. The van der Waals surface area contributed by atoms with Gasteiger partial charge in [0.15, 0.2) is 0 Å². The summed E-state index contributed by atoms with van der Waals surface area (Å²) in [7, 11) is 0. The first-order chi connectivity index (χ1) is 5.79. The predicted molar refractivity (Wildman–Crippen MR) is 44.2 cm³/mol. The lowest BCUT2D eigenvalue weighted by molar-refractivity contribution is -0.118. The largest absolute Gasteiger partial charge is 0.370 e. The summed E-state index contributed by atoms with van der Waals surface area (Å²) in [5.41, 5.74) is 5.88. The fourth-order valence-corrected chi connectivity index (χ4v) is 0.910. The predicted octanol–water partition coefficient (Wildman–Crippen LogP) is 0.285. The second-order valence-corrected chi connectivity index (χ2v) is 2.53. The lowest BCUT2D eigenvalue weighted by atomic mass is 10.2. The molecule has 0 fully saturated rings. The van der Waals surface area contributed by atoms with Crippen molar-refractivity contribution in [3.63, 3.8) is 0 Å². The highest BCUT2D eigenvalue weighted by Crippen LogP contribution is 1.98. The standard InChI is InChI=1S/C8H11N3O/c9-8(12)5-1-3-7-4-2-6-10-11-7/h2,4,6H,1,3,5H2,(H2,9,12). The van der Waals surface area contributed by atoms with Gasteiger partial charge in [-0.15, -0.1) is 0 Å². The van der Waals surface area contributed by atoms with E-state index >= 15 is 0 Å². The Labute approximate surface area is 70.8 Å². The van der Waals surface area contributed by atoms with Gasteiger partial charge >= 0.3 is 0 Å². The fraction of sp³-hybridized carbons (Fsp3) is 0.375. The molecule has 64 valence electrons. The molecule has 2 N–H and O–H groups in total. The van der Waals surface area contributed by atoms with Crippen LogP contribution in [0, 0.1) is 0 Å². The average molecular weight is 165 g/mol. The van der Waals surface area contributed by atoms with E-state index in [1.807, 2.05) is 12.1 Å². The first-order valence-electron chi connectivity index (χ1n) is 3.84. The van der Waals surface area contributed by atoms with Crippen LogP contribution in [0.15, 0.2) is 18.3 Å². The number of amides is 1. The van der Waals surface area contributed by atoms with Gasteiger partial charge in [-0.2, -0.15) is 10.2 Å². The van der Waals surface area contributed by atoms with Crippen LogP contribution in [0.1, 0.15) is 18.5 Å². The van der Waals surface area contributed by atoms with Gasteiger partial charge in [-0.3, -0.25) is 4.79 Å². The number of nitrogens with zero attached hydrogens (tertiary/aromatic N) is 2. The fourth-order valence-electron chi connectivity index (χ4n) is 0.910. The lowest BCUT2D eigenvalue weighted by Gasteiger charge is -1.95. The van der Waals surface area contributed by atoms with E-state index in [9.17, 15) is 4.79 Å². The van der Waals surface area contributed by atoms with Gasteiger partial charge in [0, 0.05) is 12.6 Å². The van der Waals surface area contributed by atoms with Gasteiger partial charge in [0.25, 0.3) is 0 Å². The van der Waals surface area contributed by atoms with Crippen molar-refractivity contribution in [2.45, 2.75) is 19.3 Å². The molecular weight excluding hydrogens is 154 g/mol. The molecule has 1 aromatic heterocycles. The maximum atomic E-state index is 10.4. The molecule has 4 nitrogen and oxygen atoms in total. The number of rotatable bonds is 4. The summed E-state index contributed by atoms with van der Waals surface area (Å²) in [6.45, 7) is 0. The Balaban J connectivity index is 2.29. The molecule has 1 rings (SSSR count). The van der Waals surface area contributed by atoms with Gasteiger partial charge in [-0.05, 0) is 25.0 Å². The Morgan fingerprint density at radius 1 is 1.58 bits per heavy atom. The van der Waals surface area contributed by atoms with Crippen molar-refractivity contribution in [2.24, 2.45) is 5.73 Å². The highest BCUT2D eigenvalue weighted by molar-refractivity contribution is 5.73. The second-order valence-electron chi connectivity index (χ2n) is 2.53. The van der Waals surface area contributed by atoms with Crippen molar-refractivity contribution in [3.05, 3.63) is 24.0 Å². The van der Waals surface area contributed by atoms with E-state index in [1.54, 1.807) is 6.20 Å². The van der Waals surface area contributed by atoms with E-state index in [-0.39, 0.29) is 5.91 Å².